The minimum Gasteiger partial charge on any atom is -0.490 e. The highest BCUT2D eigenvalue weighted by molar-refractivity contribution is 7.18. The Balaban J connectivity index is 1.34. The van der Waals surface area contributed by atoms with E-state index in [2.05, 4.69) is 15.2 Å². The lowest BCUT2D eigenvalue weighted by atomic mass is 10.1. The van der Waals surface area contributed by atoms with Gasteiger partial charge in [-0.05, 0) is 30.3 Å². The molecule has 11 heteroatoms. The fourth-order valence-corrected chi connectivity index (χ4v) is 5.08. The van der Waals surface area contributed by atoms with Crippen LogP contribution >= 0.6 is 22.9 Å². The largest absolute Gasteiger partial charge is 0.490 e. The summed E-state index contributed by atoms with van der Waals surface area (Å²) in [5.41, 5.74) is 1.95. The highest BCUT2D eigenvalue weighted by Crippen LogP contribution is 2.26. The van der Waals surface area contributed by atoms with Crippen LogP contribution in [0.2, 0.25) is 4.34 Å². The Morgan fingerprint density at radius 3 is 2.78 bits per heavy atom. The van der Waals surface area contributed by atoms with E-state index in [0.29, 0.717) is 51.5 Å². The molecule has 4 heterocycles. The first kappa shape index (κ1) is 25.3. The topological polar surface area (TPSA) is 91.5 Å². The number of ketones is 1. The van der Waals surface area contributed by atoms with E-state index in [4.69, 9.17) is 21.1 Å². The summed E-state index contributed by atoms with van der Waals surface area (Å²) in [5, 5.41) is 8.54. The number of morpholine rings is 1. The third kappa shape index (κ3) is 6.34. The van der Waals surface area contributed by atoms with E-state index in [1.165, 1.54) is 17.4 Å². The van der Waals surface area contributed by atoms with E-state index in [1.807, 2.05) is 24.3 Å². The maximum Gasteiger partial charge on any atom is 0.255 e. The molecule has 3 aromatic heterocycles. The van der Waals surface area contributed by atoms with Gasteiger partial charge in [0.05, 0.1) is 40.0 Å². The van der Waals surface area contributed by atoms with E-state index in [1.54, 1.807) is 39.8 Å². The van der Waals surface area contributed by atoms with Gasteiger partial charge in [-0.1, -0.05) is 22.9 Å². The molecule has 0 atom stereocenters. The SMILES string of the molecule is O=C(CCc1cn(-c2ccc(-n3ccccc3=O)cc2OCCN2CCOCC2)nn1)c1ccc(Cl)s1. The molecule has 0 amide bonds. The second-order valence-electron chi connectivity index (χ2n) is 8.54. The molecule has 0 N–H and O–H groups in total. The summed E-state index contributed by atoms with van der Waals surface area (Å²) >= 11 is 7.23. The van der Waals surface area contributed by atoms with Crippen LogP contribution in [-0.4, -0.2) is 69.7 Å². The quantitative estimate of drug-likeness (QED) is 0.284. The number of hydrogen-bond donors (Lipinski definition) is 0. The number of Topliss-reactive ketones (excluding diaryl/α,β-unsaturated/α-hetero) is 1. The second kappa shape index (κ2) is 11.8. The lowest BCUT2D eigenvalue weighted by Gasteiger charge is -2.26. The van der Waals surface area contributed by atoms with Crippen molar-refractivity contribution in [1.29, 1.82) is 0 Å². The van der Waals surface area contributed by atoms with Crippen LogP contribution in [-0.2, 0) is 11.2 Å². The molecule has 192 valence electrons. The van der Waals surface area contributed by atoms with Gasteiger partial charge in [-0.15, -0.1) is 16.4 Å². The molecule has 0 bridgehead atoms. The third-order valence-electron chi connectivity index (χ3n) is 6.06. The van der Waals surface area contributed by atoms with Crippen LogP contribution in [0.15, 0.2) is 65.7 Å². The first-order chi connectivity index (χ1) is 18.1. The molecule has 4 aromatic rings. The van der Waals surface area contributed by atoms with E-state index < -0.39 is 0 Å². The Kier molecular flexibility index (Phi) is 8.10. The smallest absolute Gasteiger partial charge is 0.255 e. The van der Waals surface area contributed by atoms with Crippen molar-refractivity contribution in [1.82, 2.24) is 24.5 Å². The summed E-state index contributed by atoms with van der Waals surface area (Å²) in [4.78, 5) is 27.8. The zero-order chi connectivity index (χ0) is 25.6. The van der Waals surface area contributed by atoms with Gasteiger partial charge in [0.1, 0.15) is 18.0 Å². The van der Waals surface area contributed by atoms with Crippen LogP contribution in [0.1, 0.15) is 21.8 Å². The van der Waals surface area contributed by atoms with Crippen molar-refractivity contribution in [3.63, 3.8) is 0 Å². The molecule has 9 nitrogen and oxygen atoms in total. The number of pyridine rings is 1. The first-order valence-electron chi connectivity index (χ1n) is 12.0. The molecule has 0 radical (unpaired) electrons. The van der Waals surface area contributed by atoms with Gasteiger partial charge in [-0.3, -0.25) is 19.1 Å². The molecule has 1 aromatic carbocycles. The summed E-state index contributed by atoms with van der Waals surface area (Å²) in [5.74, 6) is 0.610. The van der Waals surface area contributed by atoms with Crippen molar-refractivity contribution in [2.24, 2.45) is 0 Å². The molecule has 0 saturated carbocycles. The van der Waals surface area contributed by atoms with Gasteiger partial charge >= 0.3 is 0 Å². The van der Waals surface area contributed by atoms with Gasteiger partial charge in [-0.2, -0.15) is 0 Å². The number of halogens is 1. The Morgan fingerprint density at radius 1 is 1.14 bits per heavy atom. The molecule has 1 aliphatic heterocycles. The highest BCUT2D eigenvalue weighted by atomic mass is 35.5. The van der Waals surface area contributed by atoms with E-state index in [9.17, 15) is 9.59 Å². The normalized spacial score (nSPS) is 14.1. The van der Waals surface area contributed by atoms with Gasteiger partial charge in [-0.25, -0.2) is 4.68 Å². The lowest BCUT2D eigenvalue weighted by Crippen LogP contribution is -2.38. The molecular weight excluding hydrogens is 514 g/mol. The molecule has 5 rings (SSSR count). The zero-order valence-corrected chi connectivity index (χ0v) is 21.7. The average molecular weight is 540 g/mol. The molecule has 1 saturated heterocycles. The van der Waals surface area contributed by atoms with Crippen molar-refractivity contribution in [3.05, 3.63) is 86.2 Å². The van der Waals surface area contributed by atoms with Gasteiger partial charge in [0, 0.05) is 50.8 Å². The number of aromatic nitrogens is 4. The predicted octanol–water partition coefficient (Wildman–Crippen LogP) is 3.66. The maximum absolute atomic E-state index is 12.4. The Hall–Kier alpha value is -3.31. The van der Waals surface area contributed by atoms with Crippen molar-refractivity contribution in [3.8, 4) is 17.1 Å². The number of thiophene rings is 1. The number of hydrogen-bond acceptors (Lipinski definition) is 8. The van der Waals surface area contributed by atoms with Gasteiger partial charge in [0.15, 0.2) is 5.78 Å². The molecular formula is C26H26ClN5O4S. The van der Waals surface area contributed by atoms with E-state index in [0.717, 1.165) is 32.8 Å². The van der Waals surface area contributed by atoms with Crippen LogP contribution in [0.25, 0.3) is 11.4 Å². The average Bonchev–Trinajstić information content (AvgIpc) is 3.57. The molecule has 0 aliphatic carbocycles. The first-order valence-corrected chi connectivity index (χ1v) is 13.2. The second-order valence-corrected chi connectivity index (χ2v) is 10.3. The van der Waals surface area contributed by atoms with Crippen molar-refractivity contribution in [2.75, 3.05) is 39.5 Å². The minimum absolute atomic E-state index is 0.0243. The molecule has 37 heavy (non-hydrogen) atoms. The number of carbonyl (C=O) groups excluding carboxylic acids is 1. The number of rotatable bonds is 10. The van der Waals surface area contributed by atoms with E-state index in [-0.39, 0.29) is 11.3 Å². The fraction of sp³-hybridized carbons (Fsp3) is 0.308. The summed E-state index contributed by atoms with van der Waals surface area (Å²) in [6.45, 7) is 4.43. The summed E-state index contributed by atoms with van der Waals surface area (Å²) in [6.07, 6.45) is 4.29. The Bertz CT molecular complexity index is 1430. The van der Waals surface area contributed by atoms with Crippen molar-refractivity contribution < 1.29 is 14.3 Å². The number of carbonyl (C=O) groups is 1. The number of aryl methyl sites for hydroxylation is 1. The van der Waals surface area contributed by atoms with Crippen LogP contribution in [0.4, 0.5) is 0 Å². The van der Waals surface area contributed by atoms with Gasteiger partial charge in [0.2, 0.25) is 0 Å². The number of benzene rings is 1. The fourth-order valence-electron chi connectivity index (χ4n) is 4.07. The highest BCUT2D eigenvalue weighted by Gasteiger charge is 2.15. The third-order valence-corrected chi connectivity index (χ3v) is 7.33. The summed E-state index contributed by atoms with van der Waals surface area (Å²) in [6, 6.07) is 14.0. The molecule has 1 fully saturated rings. The summed E-state index contributed by atoms with van der Waals surface area (Å²) in [7, 11) is 0. The molecule has 1 aliphatic rings. The van der Waals surface area contributed by atoms with E-state index >= 15 is 0 Å². The van der Waals surface area contributed by atoms with Crippen molar-refractivity contribution >= 4 is 28.7 Å². The minimum atomic E-state index is -0.130. The van der Waals surface area contributed by atoms with Crippen LogP contribution in [0.5, 0.6) is 5.75 Å². The predicted molar refractivity (Wildman–Crippen MR) is 142 cm³/mol. The Morgan fingerprint density at radius 2 is 2.00 bits per heavy atom. The van der Waals surface area contributed by atoms with Crippen LogP contribution in [0.3, 0.4) is 0 Å². The van der Waals surface area contributed by atoms with Crippen LogP contribution in [0, 0.1) is 0 Å². The zero-order valence-electron chi connectivity index (χ0n) is 20.1. The standard InChI is InChI=1S/C26H26ClN5O4S/c27-25-9-8-24(37-25)22(33)7-4-19-18-32(29-28-19)21-6-5-20(31-10-2-1-3-26(31)34)17-23(21)36-16-13-30-11-14-35-15-12-30/h1-3,5-6,8-10,17-18H,4,7,11-16H2. The number of nitrogens with zero attached hydrogens (tertiary/aromatic N) is 5. The monoisotopic (exact) mass is 539 g/mol. The maximum atomic E-state index is 12.4. The van der Waals surface area contributed by atoms with Crippen molar-refractivity contribution in [2.45, 2.75) is 12.8 Å². The van der Waals surface area contributed by atoms with Gasteiger partial charge < -0.3 is 9.47 Å². The number of ether oxygens (including phenoxy) is 2. The summed E-state index contributed by atoms with van der Waals surface area (Å²) < 4.78 is 15.4. The Labute approximate surface area is 222 Å². The molecule has 0 spiro atoms. The van der Waals surface area contributed by atoms with Gasteiger partial charge in [0.25, 0.3) is 5.56 Å². The lowest BCUT2D eigenvalue weighted by molar-refractivity contribution is 0.0322. The molecule has 0 unspecified atom stereocenters. The van der Waals surface area contributed by atoms with Crippen LogP contribution < -0.4 is 10.3 Å².